The number of nitrogens with zero attached hydrogens (tertiary/aromatic N) is 1. The SMILES string of the molecule is CC(C)c1nc(I)co1. The first kappa shape index (κ1) is 7.05. The lowest BCUT2D eigenvalue weighted by atomic mass is 10.2. The highest BCUT2D eigenvalue weighted by Crippen LogP contribution is 2.13. The van der Waals surface area contributed by atoms with Crippen molar-refractivity contribution in [2.45, 2.75) is 19.8 Å². The van der Waals surface area contributed by atoms with Gasteiger partial charge < -0.3 is 4.42 Å². The van der Waals surface area contributed by atoms with Gasteiger partial charge in [-0.1, -0.05) is 13.8 Å². The Morgan fingerprint density at radius 3 is 2.56 bits per heavy atom. The second-order valence-electron chi connectivity index (χ2n) is 2.16. The van der Waals surface area contributed by atoms with Crippen molar-refractivity contribution in [3.05, 3.63) is 15.9 Å². The lowest BCUT2D eigenvalue weighted by Crippen LogP contribution is -1.85. The Bertz CT molecular complexity index is 195. The van der Waals surface area contributed by atoms with Crippen LogP contribution in [-0.2, 0) is 0 Å². The van der Waals surface area contributed by atoms with E-state index in [1.165, 1.54) is 0 Å². The van der Waals surface area contributed by atoms with Crippen molar-refractivity contribution in [2.75, 3.05) is 0 Å². The van der Waals surface area contributed by atoms with E-state index in [1.54, 1.807) is 6.26 Å². The molecule has 0 aliphatic carbocycles. The number of hydrogen-bond donors (Lipinski definition) is 0. The minimum atomic E-state index is 0.397. The maximum Gasteiger partial charge on any atom is 0.197 e. The molecule has 0 aromatic carbocycles. The molecule has 50 valence electrons. The van der Waals surface area contributed by atoms with Crippen LogP contribution < -0.4 is 0 Å². The second-order valence-corrected chi connectivity index (χ2v) is 3.27. The largest absolute Gasteiger partial charge is 0.448 e. The summed E-state index contributed by atoms with van der Waals surface area (Å²) in [5.74, 6) is 1.22. The summed E-state index contributed by atoms with van der Waals surface area (Å²) in [6.45, 7) is 4.11. The standard InChI is InChI=1S/C6H8INO/c1-4(2)6-8-5(7)3-9-6/h3-4H,1-2H3. The van der Waals surface area contributed by atoms with E-state index < -0.39 is 0 Å². The van der Waals surface area contributed by atoms with Gasteiger partial charge in [0.15, 0.2) is 5.89 Å². The smallest absolute Gasteiger partial charge is 0.197 e. The van der Waals surface area contributed by atoms with Crippen LogP contribution in [0.5, 0.6) is 0 Å². The van der Waals surface area contributed by atoms with E-state index >= 15 is 0 Å². The summed E-state index contributed by atoms with van der Waals surface area (Å²) in [4.78, 5) is 4.13. The molecule has 0 fully saturated rings. The van der Waals surface area contributed by atoms with Crippen LogP contribution in [0, 0.1) is 3.70 Å². The van der Waals surface area contributed by atoms with Crippen LogP contribution >= 0.6 is 22.6 Å². The molecular formula is C6H8INO. The van der Waals surface area contributed by atoms with Gasteiger partial charge in [-0.15, -0.1) is 0 Å². The summed E-state index contributed by atoms with van der Waals surface area (Å²) in [6, 6.07) is 0. The fourth-order valence-corrected chi connectivity index (χ4v) is 0.897. The Kier molecular flexibility index (Phi) is 2.10. The quantitative estimate of drug-likeness (QED) is 0.701. The number of oxazole rings is 1. The lowest BCUT2D eigenvalue weighted by molar-refractivity contribution is 0.471. The van der Waals surface area contributed by atoms with E-state index in [0.29, 0.717) is 5.92 Å². The Morgan fingerprint density at radius 1 is 1.67 bits per heavy atom. The maximum absolute atomic E-state index is 5.11. The molecule has 0 aliphatic rings. The van der Waals surface area contributed by atoms with E-state index in [9.17, 15) is 0 Å². The topological polar surface area (TPSA) is 26.0 Å². The molecule has 0 radical (unpaired) electrons. The van der Waals surface area contributed by atoms with Crippen LogP contribution in [0.4, 0.5) is 0 Å². The van der Waals surface area contributed by atoms with Crippen molar-refractivity contribution in [3.8, 4) is 0 Å². The molecule has 2 nitrogen and oxygen atoms in total. The molecule has 0 amide bonds. The fourth-order valence-electron chi connectivity index (χ4n) is 0.532. The molecule has 0 saturated heterocycles. The van der Waals surface area contributed by atoms with Gasteiger partial charge in [0, 0.05) is 5.92 Å². The lowest BCUT2D eigenvalue weighted by Gasteiger charge is -1.93. The summed E-state index contributed by atoms with van der Waals surface area (Å²) >= 11 is 2.13. The highest BCUT2D eigenvalue weighted by Gasteiger charge is 2.04. The molecule has 0 atom stereocenters. The number of halogens is 1. The molecular weight excluding hydrogens is 229 g/mol. The molecule has 1 heterocycles. The average molecular weight is 237 g/mol. The van der Waals surface area contributed by atoms with Crippen molar-refractivity contribution in [1.29, 1.82) is 0 Å². The van der Waals surface area contributed by atoms with Crippen molar-refractivity contribution in [1.82, 2.24) is 4.98 Å². The molecule has 1 aromatic heterocycles. The first-order valence-electron chi connectivity index (χ1n) is 2.81. The zero-order valence-electron chi connectivity index (χ0n) is 5.39. The zero-order valence-corrected chi connectivity index (χ0v) is 7.55. The van der Waals surface area contributed by atoms with E-state index in [-0.39, 0.29) is 0 Å². The van der Waals surface area contributed by atoms with Crippen LogP contribution in [0.25, 0.3) is 0 Å². The van der Waals surface area contributed by atoms with Crippen molar-refractivity contribution >= 4 is 22.6 Å². The molecule has 0 spiro atoms. The van der Waals surface area contributed by atoms with Gasteiger partial charge in [-0.3, -0.25) is 0 Å². The van der Waals surface area contributed by atoms with E-state index in [1.807, 2.05) is 0 Å². The van der Waals surface area contributed by atoms with Crippen LogP contribution in [0.1, 0.15) is 25.7 Å². The Hall–Kier alpha value is -0.0600. The minimum Gasteiger partial charge on any atom is -0.448 e. The van der Waals surface area contributed by atoms with E-state index in [4.69, 9.17) is 4.42 Å². The van der Waals surface area contributed by atoms with Crippen molar-refractivity contribution in [3.63, 3.8) is 0 Å². The molecule has 3 heteroatoms. The third-order valence-corrected chi connectivity index (χ3v) is 1.48. The number of rotatable bonds is 1. The zero-order chi connectivity index (χ0) is 6.85. The minimum absolute atomic E-state index is 0.397. The van der Waals surface area contributed by atoms with E-state index in [2.05, 4.69) is 41.4 Å². The van der Waals surface area contributed by atoms with Gasteiger partial charge in [-0.2, -0.15) is 0 Å². The highest BCUT2D eigenvalue weighted by atomic mass is 127. The summed E-state index contributed by atoms with van der Waals surface area (Å²) in [7, 11) is 0. The molecule has 9 heavy (non-hydrogen) atoms. The molecule has 0 bridgehead atoms. The highest BCUT2D eigenvalue weighted by molar-refractivity contribution is 14.1. The molecule has 0 aliphatic heterocycles. The monoisotopic (exact) mass is 237 g/mol. The van der Waals surface area contributed by atoms with Gasteiger partial charge >= 0.3 is 0 Å². The Balaban J connectivity index is 2.85. The Labute approximate surface area is 67.8 Å². The van der Waals surface area contributed by atoms with Crippen molar-refractivity contribution in [2.24, 2.45) is 0 Å². The molecule has 0 N–H and O–H groups in total. The summed E-state index contributed by atoms with van der Waals surface area (Å²) < 4.78 is 6.03. The van der Waals surface area contributed by atoms with Gasteiger partial charge in [0.2, 0.25) is 0 Å². The molecule has 0 saturated carbocycles. The van der Waals surface area contributed by atoms with Gasteiger partial charge in [0.1, 0.15) is 9.96 Å². The summed E-state index contributed by atoms with van der Waals surface area (Å²) in [6.07, 6.45) is 1.66. The maximum atomic E-state index is 5.11. The van der Waals surface area contributed by atoms with Crippen LogP contribution in [-0.4, -0.2) is 4.98 Å². The van der Waals surface area contributed by atoms with Crippen molar-refractivity contribution < 1.29 is 4.42 Å². The van der Waals surface area contributed by atoms with E-state index in [0.717, 1.165) is 9.59 Å². The third kappa shape index (κ3) is 1.67. The second kappa shape index (κ2) is 2.68. The number of hydrogen-bond acceptors (Lipinski definition) is 2. The van der Waals surface area contributed by atoms with Gasteiger partial charge in [0.05, 0.1) is 0 Å². The predicted molar refractivity (Wildman–Crippen MR) is 43.3 cm³/mol. The predicted octanol–water partition coefficient (Wildman–Crippen LogP) is 2.40. The fraction of sp³-hybridized carbons (Fsp3) is 0.500. The Morgan fingerprint density at radius 2 is 2.33 bits per heavy atom. The van der Waals surface area contributed by atoms with Crippen LogP contribution in [0.15, 0.2) is 10.7 Å². The summed E-state index contributed by atoms with van der Waals surface area (Å²) in [5.41, 5.74) is 0. The normalized spacial score (nSPS) is 10.7. The van der Waals surface area contributed by atoms with Gasteiger partial charge in [-0.25, -0.2) is 4.98 Å². The van der Waals surface area contributed by atoms with Crippen LogP contribution in [0.3, 0.4) is 0 Å². The average Bonchev–Trinajstić information content (AvgIpc) is 2.14. The molecule has 1 rings (SSSR count). The van der Waals surface area contributed by atoms with Gasteiger partial charge in [0.25, 0.3) is 0 Å². The third-order valence-electron chi connectivity index (χ3n) is 0.988. The number of aromatic nitrogens is 1. The first-order chi connectivity index (χ1) is 4.20. The van der Waals surface area contributed by atoms with Crippen LogP contribution in [0.2, 0.25) is 0 Å². The first-order valence-corrected chi connectivity index (χ1v) is 3.89. The molecule has 1 aromatic rings. The van der Waals surface area contributed by atoms with Gasteiger partial charge in [-0.05, 0) is 22.6 Å². The summed E-state index contributed by atoms with van der Waals surface area (Å²) in [5, 5.41) is 0. The molecule has 0 unspecified atom stereocenters.